The third-order valence-corrected chi connectivity index (χ3v) is 3.81. The maximum absolute atomic E-state index is 9.90. The van der Waals surface area contributed by atoms with Gasteiger partial charge in [0.15, 0.2) is 0 Å². The highest BCUT2D eigenvalue weighted by atomic mass is 35.5. The standard InChI is InChI=1S/C16H21ClN2O/c1-3-4-9-16-18-10-15(12(2)20)19(16)11-13-7-5-6-8-14(13)17/h5-8,10,12,20H,3-4,9,11H2,1-2H3. The van der Waals surface area contributed by atoms with Crippen molar-refractivity contribution in [2.24, 2.45) is 0 Å². The lowest BCUT2D eigenvalue weighted by molar-refractivity contribution is 0.189. The number of aliphatic hydroxyl groups is 1. The van der Waals surface area contributed by atoms with E-state index in [4.69, 9.17) is 11.6 Å². The van der Waals surface area contributed by atoms with E-state index in [1.807, 2.05) is 24.3 Å². The fourth-order valence-electron chi connectivity index (χ4n) is 2.28. The van der Waals surface area contributed by atoms with Gasteiger partial charge in [0.2, 0.25) is 0 Å². The number of unbranched alkanes of at least 4 members (excludes halogenated alkanes) is 1. The Bertz CT molecular complexity index is 563. The average Bonchev–Trinajstić information content (AvgIpc) is 2.82. The Hall–Kier alpha value is -1.32. The van der Waals surface area contributed by atoms with Crippen molar-refractivity contribution in [3.05, 3.63) is 52.6 Å². The van der Waals surface area contributed by atoms with Crippen LogP contribution >= 0.6 is 11.6 Å². The molecule has 0 saturated carbocycles. The fraction of sp³-hybridized carbons (Fsp3) is 0.438. The minimum Gasteiger partial charge on any atom is -0.387 e. The molecule has 0 bridgehead atoms. The lowest BCUT2D eigenvalue weighted by Crippen LogP contribution is -2.11. The molecular formula is C16H21ClN2O. The van der Waals surface area contributed by atoms with Gasteiger partial charge >= 0.3 is 0 Å². The van der Waals surface area contributed by atoms with Crippen LogP contribution in [0.25, 0.3) is 0 Å². The van der Waals surface area contributed by atoms with Crippen molar-refractivity contribution >= 4 is 11.6 Å². The van der Waals surface area contributed by atoms with Crippen LogP contribution in [0.15, 0.2) is 30.5 Å². The molecule has 1 unspecified atom stereocenters. The van der Waals surface area contributed by atoms with Gasteiger partial charge in [-0.15, -0.1) is 0 Å². The van der Waals surface area contributed by atoms with Crippen LogP contribution in [0.5, 0.6) is 0 Å². The van der Waals surface area contributed by atoms with E-state index in [1.165, 1.54) is 0 Å². The number of halogens is 1. The molecule has 1 atom stereocenters. The number of aromatic nitrogens is 2. The summed E-state index contributed by atoms with van der Waals surface area (Å²) in [5.41, 5.74) is 1.89. The Morgan fingerprint density at radius 2 is 2.10 bits per heavy atom. The predicted octanol–water partition coefficient (Wildman–Crippen LogP) is 3.98. The van der Waals surface area contributed by atoms with E-state index in [0.717, 1.165) is 41.4 Å². The van der Waals surface area contributed by atoms with E-state index >= 15 is 0 Å². The summed E-state index contributed by atoms with van der Waals surface area (Å²) in [7, 11) is 0. The summed E-state index contributed by atoms with van der Waals surface area (Å²) in [4.78, 5) is 4.46. The number of nitrogens with zero attached hydrogens (tertiary/aromatic N) is 2. The number of imidazole rings is 1. The van der Waals surface area contributed by atoms with Crippen LogP contribution in [0.3, 0.4) is 0 Å². The first kappa shape index (κ1) is 15.1. The number of rotatable bonds is 6. The Labute approximate surface area is 125 Å². The zero-order valence-electron chi connectivity index (χ0n) is 12.0. The van der Waals surface area contributed by atoms with Crippen LogP contribution in [-0.2, 0) is 13.0 Å². The molecule has 3 nitrogen and oxygen atoms in total. The number of hydrogen-bond acceptors (Lipinski definition) is 2. The maximum atomic E-state index is 9.90. The van der Waals surface area contributed by atoms with Crippen LogP contribution in [-0.4, -0.2) is 14.7 Å². The SMILES string of the molecule is CCCCc1ncc(C(C)O)n1Cc1ccccc1Cl. The van der Waals surface area contributed by atoms with E-state index < -0.39 is 6.10 Å². The van der Waals surface area contributed by atoms with Crippen LogP contribution < -0.4 is 0 Å². The fourth-order valence-corrected chi connectivity index (χ4v) is 2.47. The zero-order chi connectivity index (χ0) is 14.5. The Kier molecular flexibility index (Phi) is 5.21. The summed E-state index contributed by atoms with van der Waals surface area (Å²) in [6.07, 6.45) is 4.39. The second-order valence-electron chi connectivity index (χ2n) is 5.06. The average molecular weight is 293 g/mol. The molecule has 0 saturated heterocycles. The summed E-state index contributed by atoms with van der Waals surface area (Å²) < 4.78 is 2.08. The van der Waals surface area contributed by atoms with E-state index in [1.54, 1.807) is 13.1 Å². The summed E-state index contributed by atoms with van der Waals surface area (Å²) in [5.74, 6) is 1.02. The van der Waals surface area contributed by atoms with Crippen molar-refractivity contribution < 1.29 is 5.11 Å². The summed E-state index contributed by atoms with van der Waals surface area (Å²) in [5, 5.41) is 10.6. The molecule has 1 aromatic heterocycles. The molecule has 1 aromatic carbocycles. The molecule has 0 aliphatic carbocycles. The van der Waals surface area contributed by atoms with Crippen molar-refractivity contribution in [2.75, 3.05) is 0 Å². The Morgan fingerprint density at radius 3 is 2.75 bits per heavy atom. The second-order valence-corrected chi connectivity index (χ2v) is 5.46. The van der Waals surface area contributed by atoms with Gasteiger partial charge in [-0.2, -0.15) is 0 Å². The van der Waals surface area contributed by atoms with Crippen molar-refractivity contribution in [1.82, 2.24) is 9.55 Å². The quantitative estimate of drug-likeness (QED) is 0.874. The van der Waals surface area contributed by atoms with Crippen LogP contribution in [0, 0.1) is 0 Å². The van der Waals surface area contributed by atoms with E-state index in [0.29, 0.717) is 6.54 Å². The van der Waals surface area contributed by atoms with Gasteiger partial charge < -0.3 is 9.67 Å². The first-order valence-electron chi connectivity index (χ1n) is 7.09. The number of aryl methyl sites for hydroxylation is 1. The largest absolute Gasteiger partial charge is 0.387 e. The Morgan fingerprint density at radius 1 is 1.35 bits per heavy atom. The van der Waals surface area contributed by atoms with Crippen molar-refractivity contribution in [3.63, 3.8) is 0 Å². The van der Waals surface area contributed by atoms with Gasteiger partial charge in [0, 0.05) is 11.4 Å². The molecule has 0 spiro atoms. The molecular weight excluding hydrogens is 272 g/mol. The summed E-state index contributed by atoms with van der Waals surface area (Å²) >= 11 is 6.23. The Balaban J connectivity index is 2.32. The van der Waals surface area contributed by atoms with Crippen LogP contribution in [0.2, 0.25) is 5.02 Å². The maximum Gasteiger partial charge on any atom is 0.109 e. The molecule has 1 heterocycles. The summed E-state index contributed by atoms with van der Waals surface area (Å²) in [6, 6.07) is 7.80. The number of benzene rings is 1. The molecule has 0 fully saturated rings. The molecule has 0 radical (unpaired) electrons. The van der Waals surface area contributed by atoms with E-state index in [9.17, 15) is 5.11 Å². The second kappa shape index (κ2) is 6.91. The highest BCUT2D eigenvalue weighted by Crippen LogP contribution is 2.21. The highest BCUT2D eigenvalue weighted by molar-refractivity contribution is 6.31. The van der Waals surface area contributed by atoms with Gasteiger partial charge in [-0.1, -0.05) is 43.1 Å². The van der Waals surface area contributed by atoms with Gasteiger partial charge in [0.1, 0.15) is 5.82 Å². The first-order valence-corrected chi connectivity index (χ1v) is 7.47. The van der Waals surface area contributed by atoms with E-state index in [-0.39, 0.29) is 0 Å². The smallest absolute Gasteiger partial charge is 0.109 e. The number of aliphatic hydroxyl groups excluding tert-OH is 1. The molecule has 1 N–H and O–H groups in total. The highest BCUT2D eigenvalue weighted by Gasteiger charge is 2.14. The van der Waals surface area contributed by atoms with Crippen molar-refractivity contribution in [3.8, 4) is 0 Å². The molecule has 2 rings (SSSR count). The van der Waals surface area contributed by atoms with Gasteiger partial charge in [-0.05, 0) is 25.0 Å². The van der Waals surface area contributed by atoms with Gasteiger partial charge in [-0.25, -0.2) is 4.98 Å². The van der Waals surface area contributed by atoms with Crippen LogP contribution in [0.4, 0.5) is 0 Å². The third-order valence-electron chi connectivity index (χ3n) is 3.44. The minimum atomic E-state index is -0.527. The van der Waals surface area contributed by atoms with Gasteiger partial charge in [-0.3, -0.25) is 0 Å². The molecule has 0 aliphatic heterocycles. The van der Waals surface area contributed by atoms with Crippen LogP contribution in [0.1, 0.15) is 49.9 Å². The normalized spacial score (nSPS) is 12.6. The predicted molar refractivity (Wildman–Crippen MR) is 82.0 cm³/mol. The molecule has 0 aliphatic rings. The topological polar surface area (TPSA) is 38.1 Å². The lowest BCUT2D eigenvalue weighted by atomic mass is 10.2. The summed E-state index contributed by atoms with van der Waals surface area (Å²) in [6.45, 7) is 4.58. The molecule has 4 heteroatoms. The van der Waals surface area contributed by atoms with E-state index in [2.05, 4.69) is 16.5 Å². The van der Waals surface area contributed by atoms with Crippen molar-refractivity contribution in [1.29, 1.82) is 0 Å². The van der Waals surface area contributed by atoms with Gasteiger partial charge in [0.25, 0.3) is 0 Å². The lowest BCUT2D eigenvalue weighted by Gasteiger charge is -2.14. The first-order chi connectivity index (χ1) is 9.63. The number of hydrogen-bond donors (Lipinski definition) is 1. The molecule has 108 valence electrons. The zero-order valence-corrected chi connectivity index (χ0v) is 12.8. The minimum absolute atomic E-state index is 0.527. The monoisotopic (exact) mass is 292 g/mol. The molecule has 0 amide bonds. The van der Waals surface area contributed by atoms with Crippen molar-refractivity contribution in [2.45, 2.75) is 45.8 Å². The molecule has 20 heavy (non-hydrogen) atoms. The third kappa shape index (κ3) is 3.41. The van der Waals surface area contributed by atoms with Gasteiger partial charge in [0.05, 0.1) is 24.5 Å². The molecule has 2 aromatic rings.